The van der Waals surface area contributed by atoms with Gasteiger partial charge in [-0.3, -0.25) is 14.4 Å². The van der Waals surface area contributed by atoms with Crippen molar-refractivity contribution in [2.45, 2.75) is 19.4 Å². The molecule has 1 atom stereocenters. The van der Waals surface area contributed by atoms with E-state index in [4.69, 9.17) is 0 Å². The number of carbonyl (C=O) groups excluding carboxylic acids is 3. The van der Waals surface area contributed by atoms with Crippen LogP contribution in [0.1, 0.15) is 23.7 Å². The van der Waals surface area contributed by atoms with Crippen LogP contribution in [-0.4, -0.2) is 47.2 Å². The molecule has 0 radical (unpaired) electrons. The molecule has 7 nitrogen and oxygen atoms in total. The lowest BCUT2D eigenvalue weighted by atomic mass is 10.0. The molecule has 1 aromatic heterocycles. The molecule has 1 N–H and O–H groups in total. The zero-order chi connectivity index (χ0) is 26.1. The number of likely N-dealkylation sites (N-methyl/N-ethyl adjacent to an activating group) is 1. The lowest BCUT2D eigenvalue weighted by Crippen LogP contribution is -2.45. The van der Waals surface area contributed by atoms with E-state index in [1.165, 1.54) is 17.0 Å². The number of pyridine rings is 1. The zero-order valence-electron chi connectivity index (χ0n) is 20.4. The van der Waals surface area contributed by atoms with Crippen LogP contribution in [0.25, 0.3) is 22.2 Å². The first-order valence-electron chi connectivity index (χ1n) is 11.9. The summed E-state index contributed by atoms with van der Waals surface area (Å²) in [5.41, 5.74) is 3.37. The maximum absolute atomic E-state index is 13.7. The molecular weight excluding hydrogens is 471 g/mol. The average Bonchev–Trinajstić information content (AvgIpc) is 3.02. The quantitative estimate of drug-likeness (QED) is 0.437. The maximum Gasteiger partial charge on any atom is 0.254 e. The summed E-state index contributed by atoms with van der Waals surface area (Å²) in [6, 6.07) is 21.6. The van der Waals surface area contributed by atoms with Crippen LogP contribution in [-0.2, 0) is 9.59 Å². The number of fused-ring (bicyclic) bond motifs is 2. The Morgan fingerprint density at radius 2 is 1.76 bits per heavy atom. The number of nitrogens with one attached hydrogen (secondary N) is 1. The fourth-order valence-corrected chi connectivity index (χ4v) is 4.65. The number of amides is 3. The molecule has 1 aliphatic heterocycles. The number of carbonyl (C=O) groups is 3. The van der Waals surface area contributed by atoms with Gasteiger partial charge in [-0.2, -0.15) is 0 Å². The molecule has 8 heteroatoms. The number of aromatic nitrogens is 1. The Balaban J connectivity index is 1.47. The molecule has 0 fully saturated rings. The normalized spacial score (nSPS) is 15.1. The molecule has 0 saturated carbocycles. The Hall–Kier alpha value is -4.59. The van der Waals surface area contributed by atoms with Crippen molar-refractivity contribution in [2.75, 3.05) is 23.8 Å². The summed E-state index contributed by atoms with van der Waals surface area (Å²) in [7, 11) is 1.57. The largest absolute Gasteiger partial charge is 0.332 e. The van der Waals surface area contributed by atoms with Gasteiger partial charge in [0.2, 0.25) is 11.8 Å². The number of para-hydroxylation sites is 3. The minimum atomic E-state index is -0.383. The number of benzene rings is 3. The van der Waals surface area contributed by atoms with Crippen molar-refractivity contribution >= 4 is 40.0 Å². The number of hydrogen-bond donors (Lipinski definition) is 1. The molecule has 0 bridgehead atoms. The highest BCUT2D eigenvalue weighted by molar-refractivity contribution is 6.10. The molecule has 2 heterocycles. The van der Waals surface area contributed by atoms with Gasteiger partial charge >= 0.3 is 0 Å². The third-order valence-electron chi connectivity index (χ3n) is 6.43. The van der Waals surface area contributed by atoms with Gasteiger partial charge in [0.05, 0.1) is 28.1 Å². The Morgan fingerprint density at radius 3 is 2.54 bits per heavy atom. The fourth-order valence-electron chi connectivity index (χ4n) is 4.65. The van der Waals surface area contributed by atoms with Crippen molar-refractivity contribution in [3.05, 3.63) is 90.2 Å². The number of anilines is 2. The number of halogens is 1. The highest BCUT2D eigenvalue weighted by Crippen LogP contribution is 2.32. The maximum atomic E-state index is 13.7. The van der Waals surface area contributed by atoms with Crippen molar-refractivity contribution in [1.29, 1.82) is 0 Å². The summed E-state index contributed by atoms with van der Waals surface area (Å²) in [6.07, 6.45) is 0.147. The van der Waals surface area contributed by atoms with Crippen molar-refractivity contribution in [3.63, 3.8) is 0 Å². The summed E-state index contributed by atoms with van der Waals surface area (Å²) in [6.45, 7) is 1.63. The lowest BCUT2D eigenvalue weighted by molar-refractivity contribution is -0.119. The standard InChI is InChI=1S/C29H25FN4O3/c1-18-15-27(35)32-24-9-5-6-10-26(24)34(18)28(36)17-33(2)29(37)22-16-25(19-11-13-20(30)14-12-19)31-23-8-4-3-7-21(22)23/h3-14,16,18H,15,17H2,1-2H3,(H,32,35)/t18-/m0/s1. The van der Waals surface area contributed by atoms with Gasteiger partial charge in [-0.1, -0.05) is 30.3 Å². The lowest BCUT2D eigenvalue weighted by Gasteiger charge is -2.30. The molecule has 3 aromatic carbocycles. The summed E-state index contributed by atoms with van der Waals surface area (Å²) in [4.78, 5) is 47.1. The Kier molecular flexibility index (Phi) is 6.40. The summed E-state index contributed by atoms with van der Waals surface area (Å²) < 4.78 is 13.5. The molecule has 0 saturated heterocycles. The van der Waals surface area contributed by atoms with Gasteiger partial charge in [0.1, 0.15) is 12.4 Å². The minimum absolute atomic E-state index is 0.147. The molecule has 0 spiro atoms. The Morgan fingerprint density at radius 1 is 1.05 bits per heavy atom. The summed E-state index contributed by atoms with van der Waals surface area (Å²) in [5.74, 6) is -1.18. The zero-order valence-corrected chi connectivity index (χ0v) is 20.4. The third-order valence-corrected chi connectivity index (χ3v) is 6.43. The fraction of sp³-hybridized carbons (Fsp3) is 0.172. The predicted octanol–water partition coefficient (Wildman–Crippen LogP) is 4.88. The first-order chi connectivity index (χ1) is 17.8. The van der Waals surface area contributed by atoms with E-state index in [9.17, 15) is 18.8 Å². The van der Waals surface area contributed by atoms with E-state index in [2.05, 4.69) is 10.3 Å². The van der Waals surface area contributed by atoms with E-state index in [1.807, 2.05) is 31.2 Å². The van der Waals surface area contributed by atoms with Gasteiger partial charge in [-0.25, -0.2) is 9.37 Å². The van der Waals surface area contributed by atoms with Crippen LogP contribution < -0.4 is 10.2 Å². The van der Waals surface area contributed by atoms with Crippen molar-refractivity contribution in [3.8, 4) is 11.3 Å². The second kappa shape index (κ2) is 9.81. The van der Waals surface area contributed by atoms with Crippen LogP contribution in [0.3, 0.4) is 0 Å². The highest BCUT2D eigenvalue weighted by Gasteiger charge is 2.31. The van der Waals surface area contributed by atoms with Crippen molar-refractivity contribution < 1.29 is 18.8 Å². The van der Waals surface area contributed by atoms with Gasteiger partial charge < -0.3 is 15.1 Å². The van der Waals surface area contributed by atoms with E-state index in [0.29, 0.717) is 39.1 Å². The van der Waals surface area contributed by atoms with Gasteiger partial charge in [-0.15, -0.1) is 0 Å². The van der Waals surface area contributed by atoms with Crippen LogP contribution in [0.4, 0.5) is 15.8 Å². The molecule has 186 valence electrons. The monoisotopic (exact) mass is 496 g/mol. The van der Waals surface area contributed by atoms with Crippen LogP contribution >= 0.6 is 0 Å². The Bertz CT molecular complexity index is 1520. The molecule has 5 rings (SSSR count). The second-order valence-corrected chi connectivity index (χ2v) is 9.12. The minimum Gasteiger partial charge on any atom is -0.332 e. The van der Waals surface area contributed by atoms with E-state index in [0.717, 1.165) is 0 Å². The van der Waals surface area contributed by atoms with E-state index in [1.54, 1.807) is 54.4 Å². The molecular formula is C29H25FN4O3. The smallest absolute Gasteiger partial charge is 0.254 e. The molecule has 3 amide bonds. The van der Waals surface area contributed by atoms with E-state index < -0.39 is 0 Å². The molecule has 0 unspecified atom stereocenters. The SMILES string of the molecule is C[C@H]1CC(=O)Nc2ccccc2N1C(=O)CN(C)C(=O)c1cc(-c2ccc(F)cc2)nc2ccccc12. The highest BCUT2D eigenvalue weighted by atomic mass is 19.1. The average molecular weight is 497 g/mol. The van der Waals surface area contributed by atoms with E-state index in [-0.39, 0.29) is 42.5 Å². The number of nitrogens with zero attached hydrogens (tertiary/aromatic N) is 3. The summed E-state index contributed by atoms with van der Waals surface area (Å²) in [5, 5.41) is 3.49. The van der Waals surface area contributed by atoms with Crippen molar-refractivity contribution in [2.24, 2.45) is 0 Å². The van der Waals surface area contributed by atoms with E-state index >= 15 is 0 Å². The predicted molar refractivity (Wildman–Crippen MR) is 141 cm³/mol. The first kappa shape index (κ1) is 24.1. The summed E-state index contributed by atoms with van der Waals surface area (Å²) >= 11 is 0. The molecule has 37 heavy (non-hydrogen) atoms. The van der Waals surface area contributed by atoms with Gasteiger partial charge in [0.25, 0.3) is 5.91 Å². The van der Waals surface area contributed by atoms with Crippen LogP contribution in [0.2, 0.25) is 0 Å². The van der Waals surface area contributed by atoms with Crippen LogP contribution in [0.5, 0.6) is 0 Å². The molecule has 0 aliphatic carbocycles. The number of rotatable bonds is 4. The molecule has 1 aliphatic rings. The van der Waals surface area contributed by atoms with Gasteiger partial charge in [0.15, 0.2) is 0 Å². The van der Waals surface area contributed by atoms with Crippen LogP contribution in [0.15, 0.2) is 78.9 Å². The molecule has 4 aromatic rings. The van der Waals surface area contributed by atoms with Gasteiger partial charge in [-0.05, 0) is 55.5 Å². The van der Waals surface area contributed by atoms with Crippen molar-refractivity contribution in [1.82, 2.24) is 9.88 Å². The number of hydrogen-bond acceptors (Lipinski definition) is 4. The third kappa shape index (κ3) is 4.78. The van der Waals surface area contributed by atoms with Gasteiger partial charge in [0, 0.05) is 30.5 Å². The Labute approximate surface area is 213 Å². The first-order valence-corrected chi connectivity index (χ1v) is 11.9. The topological polar surface area (TPSA) is 82.6 Å². The second-order valence-electron chi connectivity index (χ2n) is 9.12. The van der Waals surface area contributed by atoms with Crippen LogP contribution in [0, 0.1) is 5.82 Å².